The molecular weight excluding hydrogens is 236 g/mol. The van der Waals surface area contributed by atoms with Gasteiger partial charge in [0.05, 0.1) is 0 Å². The molecule has 1 aliphatic heterocycles. The van der Waals surface area contributed by atoms with E-state index in [9.17, 15) is 0 Å². The van der Waals surface area contributed by atoms with Crippen LogP contribution in [0.3, 0.4) is 0 Å². The molecule has 1 aromatic rings. The van der Waals surface area contributed by atoms with Crippen LogP contribution >= 0.6 is 0 Å². The highest BCUT2D eigenvalue weighted by Crippen LogP contribution is 2.15. The van der Waals surface area contributed by atoms with E-state index in [1.807, 2.05) is 0 Å². The topological polar surface area (TPSA) is 15.7 Å². The largest absolute Gasteiger partial charge is 0.492 e. The quantitative estimate of drug-likeness (QED) is 0.809. The number of benzene rings is 1. The minimum Gasteiger partial charge on any atom is -0.492 e. The van der Waals surface area contributed by atoms with Gasteiger partial charge in [0.1, 0.15) is 12.4 Å². The van der Waals surface area contributed by atoms with Crippen molar-refractivity contribution in [2.24, 2.45) is 0 Å². The number of aryl methyl sites for hydroxylation is 1. The third-order valence-corrected chi connectivity index (χ3v) is 3.96. The van der Waals surface area contributed by atoms with Crippen LogP contribution in [0.4, 0.5) is 0 Å². The molecule has 0 saturated carbocycles. The van der Waals surface area contributed by atoms with Gasteiger partial charge in [0.25, 0.3) is 0 Å². The van der Waals surface area contributed by atoms with E-state index in [1.54, 1.807) is 0 Å². The lowest BCUT2D eigenvalue weighted by molar-refractivity contribution is 0.0904. The highest BCUT2D eigenvalue weighted by atomic mass is 16.5. The molecule has 1 fully saturated rings. The summed E-state index contributed by atoms with van der Waals surface area (Å²) in [6.07, 6.45) is 1.06. The second-order valence-electron chi connectivity index (χ2n) is 5.50. The standard InChI is InChI=1S/C16H26N2O/c1-4-15-6-5-7-16(12-15)19-13-14(2)18-10-8-17(3)9-11-18/h5-7,12,14H,4,8-11,13H2,1-3H3. The van der Waals surface area contributed by atoms with Crippen molar-refractivity contribution in [3.8, 4) is 5.75 Å². The number of hydrogen-bond acceptors (Lipinski definition) is 3. The first-order valence-electron chi connectivity index (χ1n) is 7.33. The molecule has 0 aliphatic carbocycles. The number of rotatable bonds is 5. The molecule has 1 saturated heterocycles. The molecule has 3 nitrogen and oxygen atoms in total. The van der Waals surface area contributed by atoms with Gasteiger partial charge in [-0.25, -0.2) is 0 Å². The molecule has 0 amide bonds. The fourth-order valence-electron chi connectivity index (χ4n) is 2.44. The molecule has 2 rings (SSSR count). The zero-order chi connectivity index (χ0) is 13.7. The molecule has 1 unspecified atom stereocenters. The van der Waals surface area contributed by atoms with E-state index in [4.69, 9.17) is 4.74 Å². The van der Waals surface area contributed by atoms with Gasteiger partial charge in [-0.1, -0.05) is 19.1 Å². The second-order valence-corrected chi connectivity index (χ2v) is 5.50. The first-order chi connectivity index (χ1) is 9.19. The first kappa shape index (κ1) is 14.4. The zero-order valence-electron chi connectivity index (χ0n) is 12.4. The third kappa shape index (κ3) is 4.22. The van der Waals surface area contributed by atoms with Gasteiger partial charge in [-0.15, -0.1) is 0 Å². The first-order valence-corrected chi connectivity index (χ1v) is 7.33. The van der Waals surface area contributed by atoms with Crippen LogP contribution in [0.25, 0.3) is 0 Å². The molecule has 1 heterocycles. The van der Waals surface area contributed by atoms with Gasteiger partial charge >= 0.3 is 0 Å². The van der Waals surface area contributed by atoms with Gasteiger partial charge in [0.15, 0.2) is 0 Å². The molecule has 106 valence electrons. The van der Waals surface area contributed by atoms with E-state index in [2.05, 4.69) is 55.0 Å². The molecule has 0 aromatic heterocycles. The normalized spacial score (nSPS) is 19.3. The van der Waals surface area contributed by atoms with Crippen molar-refractivity contribution in [3.63, 3.8) is 0 Å². The number of ether oxygens (including phenoxy) is 1. The molecule has 0 radical (unpaired) electrons. The molecule has 1 aliphatic rings. The summed E-state index contributed by atoms with van der Waals surface area (Å²) in [5, 5.41) is 0. The predicted octanol–water partition coefficient (Wildman–Crippen LogP) is 2.26. The fraction of sp³-hybridized carbons (Fsp3) is 0.625. The maximum Gasteiger partial charge on any atom is 0.119 e. The van der Waals surface area contributed by atoms with Crippen molar-refractivity contribution in [1.29, 1.82) is 0 Å². The summed E-state index contributed by atoms with van der Waals surface area (Å²) >= 11 is 0. The highest BCUT2D eigenvalue weighted by Gasteiger charge is 2.19. The molecule has 1 aromatic carbocycles. The Kier molecular flexibility index (Phi) is 5.23. The Balaban J connectivity index is 1.80. The monoisotopic (exact) mass is 262 g/mol. The summed E-state index contributed by atoms with van der Waals surface area (Å²) < 4.78 is 5.94. The Morgan fingerprint density at radius 3 is 2.63 bits per heavy atom. The maximum absolute atomic E-state index is 5.94. The van der Waals surface area contributed by atoms with Gasteiger partial charge in [-0.3, -0.25) is 4.90 Å². The van der Waals surface area contributed by atoms with E-state index in [0.29, 0.717) is 6.04 Å². The minimum absolute atomic E-state index is 0.485. The lowest BCUT2D eigenvalue weighted by Crippen LogP contribution is -2.49. The van der Waals surface area contributed by atoms with Crippen LogP contribution in [0.15, 0.2) is 24.3 Å². The molecule has 0 N–H and O–H groups in total. The SMILES string of the molecule is CCc1cccc(OCC(C)N2CCN(C)CC2)c1. The Bertz CT molecular complexity index is 386. The second kappa shape index (κ2) is 6.92. The fourth-order valence-corrected chi connectivity index (χ4v) is 2.44. The average Bonchev–Trinajstić information content (AvgIpc) is 2.46. The maximum atomic E-state index is 5.94. The summed E-state index contributed by atoms with van der Waals surface area (Å²) in [7, 11) is 2.19. The van der Waals surface area contributed by atoms with Gasteiger partial charge in [0, 0.05) is 32.2 Å². The van der Waals surface area contributed by atoms with Crippen LogP contribution in [0.1, 0.15) is 19.4 Å². The van der Waals surface area contributed by atoms with Crippen LogP contribution in [0.5, 0.6) is 5.75 Å². The average molecular weight is 262 g/mol. The summed E-state index contributed by atoms with van der Waals surface area (Å²) in [4.78, 5) is 4.90. The minimum atomic E-state index is 0.485. The Hall–Kier alpha value is -1.06. The van der Waals surface area contributed by atoms with Gasteiger partial charge in [-0.2, -0.15) is 0 Å². The third-order valence-electron chi connectivity index (χ3n) is 3.96. The van der Waals surface area contributed by atoms with Crippen molar-refractivity contribution in [2.45, 2.75) is 26.3 Å². The summed E-state index contributed by atoms with van der Waals surface area (Å²) in [5.74, 6) is 1.00. The van der Waals surface area contributed by atoms with Crippen LogP contribution in [-0.2, 0) is 6.42 Å². The molecular formula is C16H26N2O. The number of hydrogen-bond donors (Lipinski definition) is 0. The van der Waals surface area contributed by atoms with Crippen molar-refractivity contribution in [2.75, 3.05) is 39.8 Å². The van der Waals surface area contributed by atoms with Crippen molar-refractivity contribution in [1.82, 2.24) is 9.80 Å². The van der Waals surface area contributed by atoms with Crippen molar-refractivity contribution < 1.29 is 4.74 Å². The summed E-state index contributed by atoms with van der Waals surface area (Å²) in [6, 6.07) is 8.91. The van der Waals surface area contributed by atoms with E-state index >= 15 is 0 Å². The number of likely N-dealkylation sites (N-methyl/N-ethyl adjacent to an activating group) is 1. The van der Waals surface area contributed by atoms with Crippen molar-refractivity contribution in [3.05, 3.63) is 29.8 Å². The van der Waals surface area contributed by atoms with E-state index < -0.39 is 0 Å². The Morgan fingerprint density at radius 1 is 1.21 bits per heavy atom. The van der Waals surface area contributed by atoms with Gasteiger partial charge in [-0.05, 0) is 38.1 Å². The lowest BCUT2D eigenvalue weighted by atomic mass is 10.2. The summed E-state index contributed by atoms with van der Waals surface area (Å²) in [5.41, 5.74) is 1.34. The Labute approximate surface area is 117 Å². The number of piperazine rings is 1. The van der Waals surface area contributed by atoms with E-state index in [-0.39, 0.29) is 0 Å². The zero-order valence-corrected chi connectivity index (χ0v) is 12.4. The van der Waals surface area contributed by atoms with Crippen LogP contribution in [-0.4, -0.2) is 55.7 Å². The van der Waals surface area contributed by atoms with Gasteiger partial charge in [0.2, 0.25) is 0 Å². The molecule has 0 bridgehead atoms. The van der Waals surface area contributed by atoms with E-state index in [0.717, 1.165) is 45.0 Å². The predicted molar refractivity (Wildman–Crippen MR) is 79.8 cm³/mol. The van der Waals surface area contributed by atoms with Crippen molar-refractivity contribution >= 4 is 0 Å². The van der Waals surface area contributed by atoms with Crippen LogP contribution in [0, 0.1) is 0 Å². The van der Waals surface area contributed by atoms with Crippen LogP contribution < -0.4 is 4.74 Å². The lowest BCUT2D eigenvalue weighted by Gasteiger charge is -2.36. The molecule has 1 atom stereocenters. The summed E-state index contributed by atoms with van der Waals surface area (Å²) in [6.45, 7) is 9.83. The molecule has 19 heavy (non-hydrogen) atoms. The van der Waals surface area contributed by atoms with E-state index in [1.165, 1.54) is 5.56 Å². The molecule has 3 heteroatoms. The smallest absolute Gasteiger partial charge is 0.119 e. The molecule has 0 spiro atoms. The highest BCUT2D eigenvalue weighted by molar-refractivity contribution is 5.28. The number of nitrogens with zero attached hydrogens (tertiary/aromatic N) is 2. The van der Waals surface area contributed by atoms with Gasteiger partial charge < -0.3 is 9.64 Å². The van der Waals surface area contributed by atoms with Crippen LogP contribution in [0.2, 0.25) is 0 Å². The Morgan fingerprint density at radius 2 is 1.95 bits per heavy atom.